The quantitative estimate of drug-likeness (QED) is 0.686. The zero-order chi connectivity index (χ0) is 15.6. The molecular formula is C13H16ClN5OS. The summed E-state index contributed by atoms with van der Waals surface area (Å²) in [7, 11) is 3.42. The van der Waals surface area contributed by atoms with E-state index in [-0.39, 0.29) is 11.2 Å². The number of nitrogens with zero attached hydrogens (tertiary/aromatic N) is 4. The first kappa shape index (κ1) is 15.7. The first-order valence-corrected chi connectivity index (χ1v) is 7.50. The third-order valence-corrected chi connectivity index (χ3v) is 4.22. The highest BCUT2D eigenvalue weighted by Crippen LogP contribution is 2.29. The molecule has 2 N–H and O–H groups in total. The van der Waals surface area contributed by atoms with Crippen molar-refractivity contribution in [1.82, 2.24) is 19.8 Å². The van der Waals surface area contributed by atoms with Crippen LogP contribution in [0, 0.1) is 0 Å². The number of amides is 1. The molecule has 2 aromatic rings. The number of hydrogen-bond donors (Lipinski definition) is 1. The monoisotopic (exact) mass is 325 g/mol. The van der Waals surface area contributed by atoms with Crippen molar-refractivity contribution in [2.45, 2.75) is 17.3 Å². The smallest absolute Gasteiger partial charge is 0.235 e. The van der Waals surface area contributed by atoms with Crippen LogP contribution in [0.4, 0.5) is 0 Å². The van der Waals surface area contributed by atoms with Crippen molar-refractivity contribution in [2.75, 3.05) is 19.9 Å². The number of carbonyl (C=O) groups excluding carboxylic acids is 1. The van der Waals surface area contributed by atoms with Crippen LogP contribution >= 0.6 is 23.4 Å². The van der Waals surface area contributed by atoms with Gasteiger partial charge in [-0.05, 0) is 19.1 Å². The van der Waals surface area contributed by atoms with Gasteiger partial charge in [0.05, 0.1) is 10.3 Å². The van der Waals surface area contributed by atoms with Crippen LogP contribution in [0.2, 0.25) is 5.02 Å². The molecule has 0 aliphatic heterocycles. The molecule has 0 saturated carbocycles. The largest absolute Gasteiger partial charge is 0.348 e. The Balaban J connectivity index is 2.26. The zero-order valence-corrected chi connectivity index (χ0v) is 13.5. The molecule has 0 unspecified atom stereocenters. The molecule has 1 aromatic heterocycles. The maximum absolute atomic E-state index is 11.9. The standard InChI is InChI=1S/C13H16ClN5OS/c1-8(12(20)18(2)3)21-13-17-16-11(19(13)15)9-6-4-5-7-10(9)14/h4-8H,15H2,1-3H3/t8-/m0/s1. The molecule has 0 spiro atoms. The van der Waals surface area contributed by atoms with Gasteiger partial charge in [-0.25, -0.2) is 4.68 Å². The molecule has 1 atom stereocenters. The number of nitrogen functional groups attached to an aromatic ring is 1. The second kappa shape index (κ2) is 6.36. The molecular weight excluding hydrogens is 310 g/mol. The highest BCUT2D eigenvalue weighted by molar-refractivity contribution is 8.00. The van der Waals surface area contributed by atoms with E-state index in [0.29, 0.717) is 21.6 Å². The number of halogens is 1. The molecule has 1 heterocycles. The van der Waals surface area contributed by atoms with E-state index in [0.717, 1.165) is 0 Å². The summed E-state index contributed by atoms with van der Waals surface area (Å²) in [6.45, 7) is 1.80. The van der Waals surface area contributed by atoms with Crippen molar-refractivity contribution < 1.29 is 4.79 Å². The van der Waals surface area contributed by atoms with Crippen molar-refractivity contribution in [1.29, 1.82) is 0 Å². The first-order chi connectivity index (χ1) is 9.91. The molecule has 0 radical (unpaired) electrons. The Kier molecular flexibility index (Phi) is 4.74. The zero-order valence-electron chi connectivity index (χ0n) is 11.9. The lowest BCUT2D eigenvalue weighted by Gasteiger charge is -2.15. The van der Waals surface area contributed by atoms with Crippen molar-refractivity contribution in [3.05, 3.63) is 29.3 Å². The second-order valence-electron chi connectivity index (χ2n) is 4.65. The highest BCUT2D eigenvalue weighted by Gasteiger charge is 2.21. The Morgan fingerprint density at radius 2 is 2.05 bits per heavy atom. The van der Waals surface area contributed by atoms with Crippen LogP contribution in [0.5, 0.6) is 0 Å². The van der Waals surface area contributed by atoms with E-state index in [9.17, 15) is 4.79 Å². The van der Waals surface area contributed by atoms with Crippen LogP contribution in [0.25, 0.3) is 11.4 Å². The van der Waals surface area contributed by atoms with Crippen LogP contribution in [-0.2, 0) is 4.79 Å². The van der Waals surface area contributed by atoms with Gasteiger partial charge in [0.1, 0.15) is 0 Å². The first-order valence-electron chi connectivity index (χ1n) is 6.25. The summed E-state index contributed by atoms with van der Waals surface area (Å²) in [6, 6.07) is 7.26. The average Bonchev–Trinajstić information content (AvgIpc) is 2.80. The van der Waals surface area contributed by atoms with E-state index >= 15 is 0 Å². The van der Waals surface area contributed by atoms with Crippen LogP contribution in [0.1, 0.15) is 6.92 Å². The van der Waals surface area contributed by atoms with Crippen molar-refractivity contribution in [3.8, 4) is 11.4 Å². The number of aromatic nitrogens is 3. The molecule has 6 nitrogen and oxygen atoms in total. The summed E-state index contributed by atoms with van der Waals surface area (Å²) in [6.07, 6.45) is 0. The predicted octanol–water partition coefficient (Wildman–Crippen LogP) is 1.88. The molecule has 1 amide bonds. The van der Waals surface area contributed by atoms with Gasteiger partial charge in [-0.1, -0.05) is 35.5 Å². The van der Waals surface area contributed by atoms with Crippen LogP contribution in [-0.4, -0.2) is 45.0 Å². The van der Waals surface area contributed by atoms with Gasteiger partial charge in [-0.3, -0.25) is 4.79 Å². The van der Waals surface area contributed by atoms with Gasteiger partial charge in [-0.15, -0.1) is 10.2 Å². The number of carbonyl (C=O) groups is 1. The van der Waals surface area contributed by atoms with Crippen molar-refractivity contribution in [2.24, 2.45) is 0 Å². The fourth-order valence-corrected chi connectivity index (χ4v) is 2.89. The highest BCUT2D eigenvalue weighted by atomic mass is 35.5. The molecule has 8 heteroatoms. The third-order valence-electron chi connectivity index (χ3n) is 2.85. The molecule has 1 aromatic carbocycles. The van der Waals surface area contributed by atoms with Gasteiger partial charge in [-0.2, -0.15) is 0 Å². The molecule has 2 rings (SSSR count). The minimum atomic E-state index is -0.300. The average molecular weight is 326 g/mol. The van der Waals surface area contributed by atoms with Crippen LogP contribution in [0.15, 0.2) is 29.4 Å². The molecule has 112 valence electrons. The van der Waals surface area contributed by atoms with E-state index in [1.54, 1.807) is 27.1 Å². The second-order valence-corrected chi connectivity index (χ2v) is 6.36. The maximum atomic E-state index is 11.9. The van der Waals surface area contributed by atoms with Gasteiger partial charge < -0.3 is 10.7 Å². The van der Waals surface area contributed by atoms with Crippen LogP contribution in [0.3, 0.4) is 0 Å². The van der Waals surface area contributed by atoms with Gasteiger partial charge in [0.25, 0.3) is 0 Å². The predicted molar refractivity (Wildman–Crippen MR) is 84.6 cm³/mol. The summed E-state index contributed by atoms with van der Waals surface area (Å²) >= 11 is 7.39. The molecule has 21 heavy (non-hydrogen) atoms. The lowest BCUT2D eigenvalue weighted by atomic mass is 10.2. The molecule has 0 saturated heterocycles. The topological polar surface area (TPSA) is 77.0 Å². The Labute approximate surface area is 132 Å². The number of nitrogens with two attached hydrogens (primary N) is 1. The van der Waals surface area contributed by atoms with Crippen molar-refractivity contribution in [3.63, 3.8) is 0 Å². The maximum Gasteiger partial charge on any atom is 0.235 e. The summed E-state index contributed by atoms with van der Waals surface area (Å²) in [5.74, 6) is 6.47. The summed E-state index contributed by atoms with van der Waals surface area (Å²) in [5, 5.41) is 8.81. The fourth-order valence-electron chi connectivity index (χ4n) is 1.76. The van der Waals surface area contributed by atoms with E-state index in [2.05, 4.69) is 10.2 Å². The Morgan fingerprint density at radius 3 is 2.67 bits per heavy atom. The number of hydrogen-bond acceptors (Lipinski definition) is 5. The summed E-state index contributed by atoms with van der Waals surface area (Å²) in [4.78, 5) is 13.4. The van der Waals surface area contributed by atoms with E-state index in [4.69, 9.17) is 17.4 Å². The van der Waals surface area contributed by atoms with Gasteiger partial charge in [0.2, 0.25) is 11.1 Å². The van der Waals surface area contributed by atoms with E-state index < -0.39 is 0 Å². The van der Waals surface area contributed by atoms with Crippen molar-refractivity contribution >= 4 is 29.3 Å². The van der Waals surface area contributed by atoms with Gasteiger partial charge in [0.15, 0.2) is 5.82 Å². The third kappa shape index (κ3) is 3.30. The summed E-state index contributed by atoms with van der Waals surface area (Å²) < 4.78 is 1.35. The lowest BCUT2D eigenvalue weighted by molar-refractivity contribution is -0.127. The fraction of sp³-hybridized carbons (Fsp3) is 0.308. The van der Waals surface area contributed by atoms with E-state index in [1.807, 2.05) is 18.2 Å². The minimum absolute atomic E-state index is 0.0118. The minimum Gasteiger partial charge on any atom is -0.348 e. The van der Waals surface area contributed by atoms with Crippen LogP contribution < -0.4 is 5.84 Å². The molecule has 0 aliphatic rings. The SMILES string of the molecule is C[C@H](Sc1nnc(-c2ccccc2Cl)n1N)C(=O)N(C)C. The number of benzene rings is 1. The van der Waals surface area contributed by atoms with E-state index in [1.165, 1.54) is 21.3 Å². The molecule has 0 fully saturated rings. The normalized spacial score (nSPS) is 12.2. The Morgan fingerprint density at radius 1 is 1.38 bits per heavy atom. The van der Waals surface area contributed by atoms with Gasteiger partial charge >= 0.3 is 0 Å². The molecule has 0 bridgehead atoms. The number of thioether (sulfide) groups is 1. The Bertz CT molecular complexity index is 658. The number of rotatable bonds is 4. The van der Waals surface area contributed by atoms with Gasteiger partial charge in [0, 0.05) is 19.7 Å². The lowest BCUT2D eigenvalue weighted by Crippen LogP contribution is -2.30. The molecule has 0 aliphatic carbocycles. The Hall–Kier alpha value is -1.73. The summed E-state index contributed by atoms with van der Waals surface area (Å²) in [5.41, 5.74) is 0.701.